The molecule has 3 aliphatic rings. The molecule has 8 nitrogen and oxygen atoms in total. The van der Waals surface area contributed by atoms with Gasteiger partial charge in [-0.15, -0.1) is 0 Å². The highest BCUT2D eigenvalue weighted by atomic mass is 16.8. The Hall–Kier alpha value is -1.71. The van der Waals surface area contributed by atoms with Crippen molar-refractivity contribution in [2.75, 3.05) is 31.6 Å². The van der Waals surface area contributed by atoms with Crippen molar-refractivity contribution in [2.45, 2.75) is 154 Å². The number of ether oxygens (including phenoxy) is 5. The maximum absolute atomic E-state index is 13.2. The number of carbonyl (C=O) groups excluding carboxylic acids is 1. The van der Waals surface area contributed by atoms with Gasteiger partial charge in [0.05, 0.1) is 0 Å². The Bertz CT molecular complexity index is 933. The molecule has 1 aromatic rings. The zero-order valence-electron chi connectivity index (χ0n) is 27.3. The third-order valence-electron chi connectivity index (χ3n) is 8.89. The lowest BCUT2D eigenvalue weighted by Crippen LogP contribution is -2.50. The summed E-state index contributed by atoms with van der Waals surface area (Å²) in [6.07, 6.45) is 14.7. The molecule has 3 heterocycles. The smallest absolute Gasteiger partial charge is 0.412 e. The summed E-state index contributed by atoms with van der Waals surface area (Å²) in [6.45, 7) is 11.3. The Morgan fingerprint density at radius 1 is 0.930 bits per heavy atom. The van der Waals surface area contributed by atoms with Gasteiger partial charge in [-0.1, -0.05) is 95.2 Å². The molecule has 0 bridgehead atoms. The van der Waals surface area contributed by atoms with Crippen LogP contribution in [0.5, 0.6) is 0 Å². The van der Waals surface area contributed by atoms with Gasteiger partial charge in [-0.25, -0.2) is 4.79 Å². The van der Waals surface area contributed by atoms with Gasteiger partial charge in [-0.2, -0.15) is 0 Å². The summed E-state index contributed by atoms with van der Waals surface area (Å²) < 4.78 is 31.6. The van der Waals surface area contributed by atoms with Crippen molar-refractivity contribution in [1.82, 2.24) is 4.90 Å². The van der Waals surface area contributed by atoms with Crippen molar-refractivity contribution in [1.29, 1.82) is 0 Å². The lowest BCUT2D eigenvalue weighted by molar-refractivity contribution is -0.230. The third kappa shape index (κ3) is 11.3. The van der Waals surface area contributed by atoms with Crippen molar-refractivity contribution >= 4 is 11.8 Å². The van der Waals surface area contributed by atoms with Crippen LogP contribution >= 0.6 is 0 Å². The molecule has 0 radical (unpaired) electrons. The molecule has 1 N–H and O–H groups in total. The maximum Gasteiger partial charge on any atom is 0.412 e. The molecule has 3 aliphatic heterocycles. The molecule has 8 heteroatoms. The van der Waals surface area contributed by atoms with Crippen LogP contribution < -0.4 is 5.32 Å². The van der Waals surface area contributed by atoms with Gasteiger partial charge in [0, 0.05) is 18.8 Å². The van der Waals surface area contributed by atoms with Gasteiger partial charge in [0.15, 0.2) is 12.1 Å². The summed E-state index contributed by atoms with van der Waals surface area (Å²) in [5, 5.41) is 2.90. The molecule has 1 aromatic carbocycles. The fraction of sp³-hybridized carbons (Fsp3) is 0.800. The van der Waals surface area contributed by atoms with Crippen molar-refractivity contribution in [2.24, 2.45) is 0 Å². The summed E-state index contributed by atoms with van der Waals surface area (Å²) in [6, 6.07) is 7.72. The minimum Gasteiger partial charge on any atom is -0.442 e. The number of hydrogen-bond donors (Lipinski definition) is 1. The van der Waals surface area contributed by atoms with Crippen LogP contribution in [0.25, 0.3) is 0 Å². The molecule has 0 aromatic heterocycles. The van der Waals surface area contributed by atoms with Gasteiger partial charge in [0.1, 0.15) is 24.4 Å². The van der Waals surface area contributed by atoms with Gasteiger partial charge in [-0.3, -0.25) is 10.2 Å². The normalized spacial score (nSPS) is 26.1. The highest BCUT2D eigenvalue weighted by Gasteiger charge is 2.58. The van der Waals surface area contributed by atoms with Crippen molar-refractivity contribution in [3.8, 4) is 0 Å². The number of carbonyl (C=O) groups is 1. The molecule has 0 saturated carbocycles. The van der Waals surface area contributed by atoms with Crippen LogP contribution in [0.1, 0.15) is 116 Å². The summed E-state index contributed by atoms with van der Waals surface area (Å²) in [5.41, 5.74) is 1.84. The number of likely N-dealkylation sites (tertiary alicyclic amines) is 1. The fourth-order valence-electron chi connectivity index (χ4n) is 6.51. The number of nitrogens with one attached hydrogen (secondary N) is 1. The lowest BCUT2D eigenvalue weighted by atomic mass is 10.0. The first-order valence-corrected chi connectivity index (χ1v) is 17.2. The van der Waals surface area contributed by atoms with Gasteiger partial charge in [-0.05, 0) is 65.3 Å². The summed E-state index contributed by atoms with van der Waals surface area (Å²) in [5.74, 6) is -0.747. The van der Waals surface area contributed by atoms with E-state index in [1.807, 2.05) is 45.0 Å². The summed E-state index contributed by atoms with van der Waals surface area (Å²) in [7, 11) is 0. The average Bonchev–Trinajstić information content (AvgIpc) is 3.30. The van der Waals surface area contributed by atoms with Gasteiger partial charge < -0.3 is 23.7 Å². The van der Waals surface area contributed by atoms with Crippen LogP contribution in [0.15, 0.2) is 24.3 Å². The van der Waals surface area contributed by atoms with E-state index in [-0.39, 0.29) is 12.2 Å². The molecular formula is C35H58N2O6. The highest BCUT2D eigenvalue weighted by Crippen LogP contribution is 2.40. The summed E-state index contributed by atoms with van der Waals surface area (Å²) in [4.78, 5) is 15.6. The molecule has 1 amide bonds. The Morgan fingerprint density at radius 2 is 1.56 bits per heavy atom. The van der Waals surface area contributed by atoms with Crippen LogP contribution in [0.4, 0.5) is 10.5 Å². The standard InChI is InChI=1S/C35H58N2O6/c1-5-6-7-8-9-10-11-12-15-18-25-39-31-30(41-33-32(31)42-35(3,4)43-33)29(26-37-23-16-13-14-17-24-37)40-34(38)36-28-21-19-27(2)20-22-28/h19-22,29-33H,5-18,23-26H2,1-4H3,(H,36,38)/t29-,30-,31+,32-,33-/m1/s1. The van der Waals surface area contributed by atoms with Crippen LogP contribution in [-0.2, 0) is 23.7 Å². The van der Waals surface area contributed by atoms with E-state index in [1.165, 1.54) is 64.2 Å². The van der Waals surface area contributed by atoms with Crippen LogP contribution in [-0.4, -0.2) is 73.7 Å². The fourth-order valence-corrected chi connectivity index (χ4v) is 6.51. The van der Waals surface area contributed by atoms with Crippen molar-refractivity contribution < 1.29 is 28.5 Å². The minimum absolute atomic E-state index is 0.362. The molecule has 3 saturated heterocycles. The van der Waals surface area contributed by atoms with Crippen LogP contribution in [0.2, 0.25) is 0 Å². The quantitative estimate of drug-likeness (QED) is 0.181. The van der Waals surface area contributed by atoms with E-state index >= 15 is 0 Å². The van der Waals surface area contributed by atoms with E-state index in [2.05, 4.69) is 17.1 Å². The predicted octanol–water partition coefficient (Wildman–Crippen LogP) is 7.97. The van der Waals surface area contributed by atoms with E-state index < -0.39 is 30.4 Å². The molecule has 0 unspecified atom stereocenters. The molecule has 3 fully saturated rings. The molecule has 5 atom stereocenters. The zero-order valence-corrected chi connectivity index (χ0v) is 27.3. The second-order valence-electron chi connectivity index (χ2n) is 13.2. The average molecular weight is 603 g/mol. The Balaban J connectivity index is 1.36. The first kappa shape index (κ1) is 34.2. The number of nitrogens with zero attached hydrogens (tertiary/aromatic N) is 1. The van der Waals surface area contributed by atoms with Gasteiger partial charge in [0.25, 0.3) is 0 Å². The van der Waals surface area contributed by atoms with Crippen molar-refractivity contribution in [3.05, 3.63) is 29.8 Å². The number of fused-ring (bicyclic) bond motifs is 1. The highest BCUT2D eigenvalue weighted by molar-refractivity contribution is 5.84. The molecule has 43 heavy (non-hydrogen) atoms. The Kier molecular flexibility index (Phi) is 14.1. The SMILES string of the molecule is CCCCCCCCCCCCO[C@@H]1[C@H]2OC(C)(C)O[C@H]2O[C@@H]1[C@@H](CN1CCCCCC1)OC(=O)Nc1ccc(C)cc1. The number of hydrogen-bond acceptors (Lipinski definition) is 7. The zero-order chi connectivity index (χ0) is 30.5. The van der Waals surface area contributed by atoms with Crippen LogP contribution in [0, 0.1) is 6.92 Å². The predicted molar refractivity (Wildman–Crippen MR) is 170 cm³/mol. The van der Waals surface area contributed by atoms with E-state index in [1.54, 1.807) is 0 Å². The molecule has 0 aliphatic carbocycles. The second-order valence-corrected chi connectivity index (χ2v) is 13.2. The van der Waals surface area contributed by atoms with E-state index in [0.717, 1.165) is 44.3 Å². The molecule has 4 rings (SSSR count). The monoisotopic (exact) mass is 602 g/mol. The maximum atomic E-state index is 13.2. The second kappa shape index (κ2) is 17.7. The Morgan fingerprint density at radius 3 is 2.21 bits per heavy atom. The van der Waals surface area contributed by atoms with Gasteiger partial charge in [0.2, 0.25) is 0 Å². The van der Waals surface area contributed by atoms with E-state index in [0.29, 0.717) is 18.8 Å². The number of rotatable bonds is 17. The van der Waals surface area contributed by atoms with Crippen molar-refractivity contribution in [3.63, 3.8) is 0 Å². The van der Waals surface area contributed by atoms with E-state index in [9.17, 15) is 4.79 Å². The molecular weight excluding hydrogens is 544 g/mol. The number of anilines is 1. The number of unbranched alkanes of at least 4 members (excludes halogenated alkanes) is 9. The third-order valence-corrected chi connectivity index (χ3v) is 8.89. The first-order chi connectivity index (χ1) is 20.8. The van der Waals surface area contributed by atoms with Gasteiger partial charge >= 0.3 is 6.09 Å². The lowest BCUT2D eigenvalue weighted by Gasteiger charge is -2.33. The topological polar surface area (TPSA) is 78.5 Å². The minimum atomic E-state index is -0.747. The number of amides is 1. The largest absolute Gasteiger partial charge is 0.442 e. The summed E-state index contributed by atoms with van der Waals surface area (Å²) >= 11 is 0. The molecule has 0 spiro atoms. The first-order valence-electron chi connectivity index (χ1n) is 17.2. The number of benzene rings is 1. The van der Waals surface area contributed by atoms with Crippen LogP contribution in [0.3, 0.4) is 0 Å². The molecule has 244 valence electrons. The van der Waals surface area contributed by atoms with E-state index in [4.69, 9.17) is 23.7 Å². The number of aryl methyl sites for hydroxylation is 1. The Labute approximate surface area is 260 Å².